The van der Waals surface area contributed by atoms with Crippen molar-refractivity contribution in [2.75, 3.05) is 11.1 Å². The van der Waals surface area contributed by atoms with Crippen molar-refractivity contribution >= 4 is 72.1 Å². The van der Waals surface area contributed by atoms with Crippen molar-refractivity contribution in [3.8, 4) is 11.3 Å². The van der Waals surface area contributed by atoms with Crippen LogP contribution in [0.25, 0.3) is 33.3 Å². The summed E-state index contributed by atoms with van der Waals surface area (Å²) in [6, 6.07) is 15.8. The molecule has 7 nitrogen and oxygen atoms in total. The zero-order valence-corrected chi connectivity index (χ0v) is 19.2. The smallest absolute Gasteiger partial charge is 0.226 e. The predicted octanol–water partition coefficient (Wildman–Crippen LogP) is 5.51. The first kappa shape index (κ1) is 20.1. The van der Waals surface area contributed by atoms with Gasteiger partial charge in [0.2, 0.25) is 11.1 Å². The number of amides is 1. The summed E-state index contributed by atoms with van der Waals surface area (Å²) >= 11 is 6.24. The molecule has 0 bridgehead atoms. The lowest BCUT2D eigenvalue weighted by Gasteiger charge is -2.01. The third kappa shape index (κ3) is 4.46. The van der Waals surface area contributed by atoms with Crippen LogP contribution < -0.4 is 5.32 Å². The zero-order valence-electron chi connectivity index (χ0n) is 16.0. The number of rotatable bonds is 6. The van der Waals surface area contributed by atoms with Crippen molar-refractivity contribution in [3.05, 3.63) is 58.4 Å². The van der Waals surface area contributed by atoms with Crippen molar-refractivity contribution in [3.63, 3.8) is 0 Å². The highest BCUT2D eigenvalue weighted by Gasteiger charge is 2.11. The van der Waals surface area contributed by atoms with Crippen molar-refractivity contribution in [1.82, 2.24) is 25.1 Å². The van der Waals surface area contributed by atoms with E-state index in [9.17, 15) is 4.79 Å². The summed E-state index contributed by atoms with van der Waals surface area (Å²) in [5.74, 6) is 0.452. The van der Waals surface area contributed by atoms with Gasteiger partial charge < -0.3 is 10.3 Å². The maximum absolute atomic E-state index is 12.3. The lowest BCUT2D eigenvalue weighted by Crippen LogP contribution is -2.12. The van der Waals surface area contributed by atoms with Crippen LogP contribution in [-0.4, -0.2) is 36.8 Å². The number of aromatic amines is 1. The van der Waals surface area contributed by atoms with E-state index >= 15 is 0 Å². The number of hydrogen-bond acceptors (Lipinski definition) is 7. The van der Waals surface area contributed by atoms with Crippen molar-refractivity contribution in [1.29, 1.82) is 0 Å². The number of anilines is 1. The molecule has 0 spiro atoms. The Morgan fingerprint density at radius 3 is 2.81 bits per heavy atom. The van der Waals surface area contributed by atoms with Crippen LogP contribution in [-0.2, 0) is 4.79 Å². The summed E-state index contributed by atoms with van der Waals surface area (Å²) in [7, 11) is 0. The zero-order chi connectivity index (χ0) is 21.2. The Labute approximate surface area is 193 Å². The minimum absolute atomic E-state index is 0.0937. The molecular weight excluding hydrogens is 496 g/mol. The monoisotopic (exact) mass is 510 g/mol. The van der Waals surface area contributed by atoms with Gasteiger partial charge in [-0.25, -0.2) is 9.97 Å². The highest BCUT2D eigenvalue weighted by Crippen LogP contribution is 2.27. The molecule has 0 aliphatic rings. The Kier molecular flexibility index (Phi) is 5.66. The third-order valence-electron chi connectivity index (χ3n) is 4.55. The molecule has 5 rings (SSSR count). The third-order valence-corrected chi connectivity index (χ3v) is 6.68. The molecule has 0 aliphatic carbocycles. The van der Waals surface area contributed by atoms with Crippen LogP contribution in [0, 0.1) is 0 Å². The number of carbonyl (C=O) groups is 1. The molecule has 0 aliphatic heterocycles. The van der Waals surface area contributed by atoms with Crippen LogP contribution in [0.15, 0.2) is 63.5 Å². The van der Waals surface area contributed by atoms with E-state index in [1.165, 1.54) is 23.1 Å². The number of carbonyl (C=O) groups excluding carboxylic acids is 1. The number of nitrogens with zero attached hydrogens (tertiary/aromatic N) is 4. The Morgan fingerprint density at radius 1 is 1.10 bits per heavy atom. The summed E-state index contributed by atoms with van der Waals surface area (Å²) in [4.78, 5) is 24.6. The maximum atomic E-state index is 12.3. The molecule has 0 fully saturated rings. The standard InChI is InChI=1S/C21H15BrN6OS2/c22-13-7-5-12(6-8-13)16-11-31-20(24-16)25-17(29)9-10-30-21-26-19-18(27-28-21)14-3-1-2-4-15(14)23-19/h1-8,11H,9-10H2,(H,23,26,28)(H,24,25,29). The molecule has 31 heavy (non-hydrogen) atoms. The average molecular weight is 511 g/mol. The fourth-order valence-corrected chi connectivity index (χ4v) is 4.79. The summed E-state index contributed by atoms with van der Waals surface area (Å²) in [6.07, 6.45) is 0.325. The molecule has 1 amide bonds. The lowest BCUT2D eigenvalue weighted by atomic mass is 10.2. The van der Waals surface area contributed by atoms with Crippen molar-refractivity contribution in [2.45, 2.75) is 11.6 Å². The van der Waals surface area contributed by atoms with Gasteiger partial charge in [-0.15, -0.1) is 21.5 Å². The molecule has 10 heteroatoms. The van der Waals surface area contributed by atoms with E-state index < -0.39 is 0 Å². The minimum atomic E-state index is -0.0937. The summed E-state index contributed by atoms with van der Waals surface area (Å²) in [5.41, 5.74) is 4.28. The van der Waals surface area contributed by atoms with Gasteiger partial charge >= 0.3 is 0 Å². The van der Waals surface area contributed by atoms with E-state index in [1.807, 2.05) is 53.9 Å². The number of hydrogen-bond donors (Lipinski definition) is 2. The van der Waals surface area contributed by atoms with Crippen LogP contribution in [0.4, 0.5) is 5.13 Å². The number of thioether (sulfide) groups is 1. The van der Waals surface area contributed by atoms with Gasteiger partial charge in [0.05, 0.1) is 5.69 Å². The molecule has 0 saturated carbocycles. The fourth-order valence-electron chi connectivity index (χ4n) is 3.07. The van der Waals surface area contributed by atoms with Gasteiger partial charge in [0.1, 0.15) is 5.52 Å². The van der Waals surface area contributed by atoms with Crippen LogP contribution in [0.5, 0.6) is 0 Å². The summed E-state index contributed by atoms with van der Waals surface area (Å²) in [6.45, 7) is 0. The number of fused-ring (bicyclic) bond motifs is 3. The topological polar surface area (TPSA) is 96.5 Å². The Bertz CT molecular complexity index is 1380. The van der Waals surface area contributed by atoms with Crippen LogP contribution in [0.2, 0.25) is 0 Å². The van der Waals surface area contributed by atoms with Gasteiger partial charge in [0.15, 0.2) is 10.8 Å². The molecule has 5 aromatic rings. The number of thiazole rings is 1. The van der Waals surface area contributed by atoms with Gasteiger partial charge in [-0.3, -0.25) is 4.79 Å². The molecule has 2 aromatic carbocycles. The van der Waals surface area contributed by atoms with Gasteiger partial charge in [0.25, 0.3) is 0 Å². The van der Waals surface area contributed by atoms with E-state index in [-0.39, 0.29) is 5.91 Å². The number of halogens is 1. The Balaban J connectivity index is 1.17. The fraction of sp³-hybridized carbons (Fsp3) is 0.0952. The number of nitrogens with one attached hydrogen (secondary N) is 2. The van der Waals surface area contributed by atoms with Gasteiger partial charge in [-0.2, -0.15) is 0 Å². The van der Waals surface area contributed by atoms with E-state index in [4.69, 9.17) is 0 Å². The van der Waals surface area contributed by atoms with Crippen LogP contribution in [0.3, 0.4) is 0 Å². The SMILES string of the molecule is O=C(CCSc1nnc2c(n1)[nH]c1ccccc12)Nc1nc(-c2ccc(Br)cc2)cs1. The molecule has 3 heterocycles. The molecule has 2 N–H and O–H groups in total. The first-order valence-electron chi connectivity index (χ1n) is 9.41. The maximum Gasteiger partial charge on any atom is 0.226 e. The molecular formula is C21H15BrN6OS2. The van der Waals surface area contributed by atoms with Gasteiger partial charge in [-0.1, -0.05) is 58.0 Å². The van der Waals surface area contributed by atoms with E-state index in [1.54, 1.807) is 0 Å². The normalized spacial score (nSPS) is 11.3. The largest absolute Gasteiger partial charge is 0.338 e. The first-order valence-corrected chi connectivity index (χ1v) is 12.1. The average Bonchev–Trinajstić information content (AvgIpc) is 3.38. The summed E-state index contributed by atoms with van der Waals surface area (Å²) in [5, 5.41) is 15.4. The quantitative estimate of drug-likeness (QED) is 0.292. The Morgan fingerprint density at radius 2 is 1.94 bits per heavy atom. The Hall–Kier alpha value is -2.82. The molecule has 154 valence electrons. The van der Waals surface area contributed by atoms with Gasteiger partial charge in [0, 0.05) is 38.5 Å². The highest BCUT2D eigenvalue weighted by molar-refractivity contribution is 9.10. The highest BCUT2D eigenvalue weighted by atomic mass is 79.9. The summed E-state index contributed by atoms with van der Waals surface area (Å²) < 4.78 is 1.01. The van der Waals surface area contributed by atoms with Crippen LogP contribution >= 0.6 is 39.0 Å². The van der Waals surface area contributed by atoms with E-state index in [0.29, 0.717) is 28.1 Å². The number of para-hydroxylation sites is 1. The molecule has 0 unspecified atom stereocenters. The molecule has 0 saturated heterocycles. The van der Waals surface area contributed by atoms with Crippen molar-refractivity contribution < 1.29 is 4.79 Å². The van der Waals surface area contributed by atoms with Crippen LogP contribution in [0.1, 0.15) is 6.42 Å². The second kappa shape index (κ2) is 8.74. The number of benzene rings is 2. The molecule has 0 radical (unpaired) electrons. The minimum Gasteiger partial charge on any atom is -0.338 e. The number of H-pyrrole nitrogens is 1. The lowest BCUT2D eigenvalue weighted by molar-refractivity contribution is -0.115. The molecule has 3 aromatic heterocycles. The van der Waals surface area contributed by atoms with Crippen molar-refractivity contribution in [2.24, 2.45) is 0 Å². The second-order valence-electron chi connectivity index (χ2n) is 6.65. The van der Waals surface area contributed by atoms with E-state index in [2.05, 4.69) is 46.4 Å². The van der Waals surface area contributed by atoms with E-state index in [0.717, 1.165) is 32.1 Å². The predicted molar refractivity (Wildman–Crippen MR) is 128 cm³/mol. The molecule has 0 atom stereocenters. The second-order valence-corrected chi connectivity index (χ2v) is 9.49. The first-order chi connectivity index (χ1) is 15.2. The number of aromatic nitrogens is 5. The van der Waals surface area contributed by atoms with Gasteiger partial charge in [-0.05, 0) is 18.2 Å².